The summed E-state index contributed by atoms with van der Waals surface area (Å²) in [5.41, 5.74) is 0. The van der Waals surface area contributed by atoms with Crippen LogP contribution in [-0.2, 0) is 0 Å². The summed E-state index contributed by atoms with van der Waals surface area (Å²) in [6.45, 7) is 4.59. The largest absolute Gasteiger partial charge is 0.240 e. The predicted molar refractivity (Wildman–Crippen MR) is 123 cm³/mol. The number of rotatable bonds is 20. The molecule has 0 aromatic heterocycles. The Morgan fingerprint density at radius 1 is 0.556 bits per heavy atom. The monoisotopic (exact) mass is 375 g/mol. The van der Waals surface area contributed by atoms with Crippen LogP contribution in [0.15, 0.2) is 9.98 Å². The highest BCUT2D eigenvalue weighted by Crippen LogP contribution is 2.28. The molecule has 0 aliphatic carbocycles. The molecule has 0 spiro atoms. The van der Waals surface area contributed by atoms with Gasteiger partial charge in [0.25, 0.3) is 0 Å². The van der Waals surface area contributed by atoms with E-state index in [2.05, 4.69) is 23.8 Å². The molecule has 0 fully saturated rings. The fourth-order valence-electron chi connectivity index (χ4n) is 4.12. The van der Waals surface area contributed by atoms with E-state index >= 15 is 0 Å². The van der Waals surface area contributed by atoms with E-state index in [9.17, 15) is 0 Å². The maximum Gasteiger partial charge on any atom is 0.240 e. The lowest BCUT2D eigenvalue weighted by Gasteiger charge is -2.15. The van der Waals surface area contributed by atoms with Gasteiger partial charge in [0, 0.05) is 0 Å². The SMILES string of the molecule is CCCCCCCCCCCCCC(CCCCCCC)C[C+]1N=CC=N1. The molecule has 27 heavy (non-hydrogen) atoms. The Morgan fingerprint density at radius 3 is 1.33 bits per heavy atom. The second-order valence-electron chi connectivity index (χ2n) is 8.57. The molecular weight excluding hydrogens is 328 g/mol. The Labute approximate surface area is 170 Å². The van der Waals surface area contributed by atoms with Crippen molar-refractivity contribution in [3.8, 4) is 0 Å². The van der Waals surface area contributed by atoms with Crippen molar-refractivity contribution in [2.45, 2.75) is 136 Å². The molecule has 2 heteroatoms. The Hall–Kier alpha value is -0.790. The molecule has 0 saturated heterocycles. The van der Waals surface area contributed by atoms with Crippen LogP contribution in [0.3, 0.4) is 0 Å². The Morgan fingerprint density at radius 2 is 0.926 bits per heavy atom. The van der Waals surface area contributed by atoms with E-state index in [1.165, 1.54) is 116 Å². The van der Waals surface area contributed by atoms with Crippen LogP contribution in [0.2, 0.25) is 0 Å². The van der Waals surface area contributed by atoms with E-state index in [0.717, 1.165) is 18.5 Å². The third-order valence-corrected chi connectivity index (χ3v) is 5.92. The van der Waals surface area contributed by atoms with E-state index in [0.29, 0.717) is 0 Å². The van der Waals surface area contributed by atoms with Gasteiger partial charge in [0.15, 0.2) is 12.4 Å². The number of nitrogens with zero attached hydrogens (tertiary/aromatic N) is 2. The molecule has 2 nitrogen and oxygen atoms in total. The summed E-state index contributed by atoms with van der Waals surface area (Å²) < 4.78 is 0. The van der Waals surface area contributed by atoms with E-state index in [4.69, 9.17) is 0 Å². The van der Waals surface area contributed by atoms with Crippen molar-refractivity contribution in [3.63, 3.8) is 0 Å². The van der Waals surface area contributed by atoms with Crippen molar-refractivity contribution in [1.82, 2.24) is 0 Å². The standard InChI is InChI=1S/C25H47N2/c1-3-5-7-9-10-11-12-13-14-16-18-20-24(19-17-15-8-6-4-2)23-25-26-21-22-27-25/h21-22,24H,3-20,23H2,1-2H3/q+1. The highest BCUT2D eigenvalue weighted by atomic mass is 15.0. The molecule has 1 aliphatic rings. The first-order chi connectivity index (χ1) is 13.4. The summed E-state index contributed by atoms with van der Waals surface area (Å²) >= 11 is 0. The summed E-state index contributed by atoms with van der Waals surface area (Å²) in [6.07, 6.45) is 31.3. The minimum absolute atomic E-state index is 0.799. The van der Waals surface area contributed by atoms with Crippen LogP contribution in [0, 0.1) is 12.1 Å². The van der Waals surface area contributed by atoms with Gasteiger partial charge in [-0.3, -0.25) is 0 Å². The molecular formula is C25H47N2+. The number of hydrogen-bond acceptors (Lipinski definition) is 2. The third kappa shape index (κ3) is 14.9. The molecule has 0 aromatic carbocycles. The number of unbranched alkanes of at least 4 members (excludes halogenated alkanes) is 14. The Kier molecular flexibility index (Phi) is 16.7. The van der Waals surface area contributed by atoms with Crippen molar-refractivity contribution in [3.05, 3.63) is 6.17 Å². The lowest BCUT2D eigenvalue weighted by Crippen LogP contribution is -2.05. The molecule has 1 aliphatic heterocycles. The first-order valence-corrected chi connectivity index (χ1v) is 12.3. The van der Waals surface area contributed by atoms with Crippen LogP contribution in [0.25, 0.3) is 0 Å². The van der Waals surface area contributed by atoms with Crippen molar-refractivity contribution < 1.29 is 0 Å². The van der Waals surface area contributed by atoms with Gasteiger partial charge >= 0.3 is 0 Å². The van der Waals surface area contributed by atoms with E-state index < -0.39 is 0 Å². The van der Waals surface area contributed by atoms with Crippen LogP contribution in [-0.4, -0.2) is 12.4 Å². The first kappa shape index (κ1) is 24.2. The van der Waals surface area contributed by atoms with Crippen molar-refractivity contribution in [2.75, 3.05) is 0 Å². The van der Waals surface area contributed by atoms with E-state index in [1.54, 1.807) is 0 Å². The smallest absolute Gasteiger partial charge is 0.0968 e. The average Bonchev–Trinajstić information content (AvgIpc) is 3.18. The summed E-state index contributed by atoms with van der Waals surface area (Å²) in [5, 5.41) is 0. The summed E-state index contributed by atoms with van der Waals surface area (Å²) in [5.74, 6) is 0.799. The maximum absolute atomic E-state index is 4.41. The summed E-state index contributed by atoms with van der Waals surface area (Å²) in [4.78, 5) is 8.81. The van der Waals surface area contributed by atoms with Gasteiger partial charge < -0.3 is 0 Å². The second kappa shape index (κ2) is 18.6. The van der Waals surface area contributed by atoms with Gasteiger partial charge in [-0.1, -0.05) is 127 Å². The molecule has 0 N–H and O–H groups in total. The molecule has 1 rings (SSSR count). The van der Waals surface area contributed by atoms with Crippen LogP contribution in [0.4, 0.5) is 0 Å². The average molecular weight is 376 g/mol. The van der Waals surface area contributed by atoms with Crippen LogP contribution in [0.5, 0.6) is 0 Å². The first-order valence-electron chi connectivity index (χ1n) is 12.3. The maximum atomic E-state index is 4.41. The molecule has 1 heterocycles. The highest BCUT2D eigenvalue weighted by molar-refractivity contribution is 6.18. The lowest BCUT2D eigenvalue weighted by molar-refractivity contribution is 0.385. The van der Waals surface area contributed by atoms with Crippen molar-refractivity contribution in [1.29, 1.82) is 0 Å². The zero-order chi connectivity index (χ0) is 19.4. The van der Waals surface area contributed by atoms with Gasteiger partial charge in [-0.25, -0.2) is 0 Å². The molecule has 0 saturated carbocycles. The van der Waals surface area contributed by atoms with Gasteiger partial charge in [-0.2, -0.15) is 0 Å². The third-order valence-electron chi connectivity index (χ3n) is 5.92. The summed E-state index contributed by atoms with van der Waals surface area (Å²) in [6, 6.07) is 0. The minimum atomic E-state index is 0.799. The summed E-state index contributed by atoms with van der Waals surface area (Å²) in [7, 11) is 0. The lowest BCUT2D eigenvalue weighted by atomic mass is 9.90. The normalized spacial score (nSPS) is 14.4. The van der Waals surface area contributed by atoms with Crippen LogP contribution < -0.4 is 0 Å². The highest BCUT2D eigenvalue weighted by Gasteiger charge is 2.22. The molecule has 0 bridgehead atoms. The fraction of sp³-hybridized carbons (Fsp3) is 0.880. The molecule has 0 aromatic rings. The quantitative estimate of drug-likeness (QED) is 0.150. The Bertz CT molecular complexity index is 349. The Balaban J connectivity index is 2.02. The molecule has 156 valence electrons. The van der Waals surface area contributed by atoms with Crippen LogP contribution >= 0.6 is 0 Å². The minimum Gasteiger partial charge on any atom is -0.0968 e. The van der Waals surface area contributed by atoms with Gasteiger partial charge in [-0.15, -0.1) is 0 Å². The topological polar surface area (TPSA) is 24.7 Å². The molecule has 0 amide bonds. The fourth-order valence-corrected chi connectivity index (χ4v) is 4.12. The molecule has 1 atom stereocenters. The number of hydrogen-bond donors (Lipinski definition) is 0. The van der Waals surface area contributed by atoms with Gasteiger partial charge in [-0.05, 0) is 18.8 Å². The number of aliphatic imine (C=N–C) groups is 2. The van der Waals surface area contributed by atoms with Crippen molar-refractivity contribution >= 4 is 12.4 Å². The predicted octanol–water partition coefficient (Wildman–Crippen LogP) is 8.70. The van der Waals surface area contributed by atoms with Gasteiger partial charge in [0.1, 0.15) is 0 Å². The van der Waals surface area contributed by atoms with Crippen LogP contribution in [0.1, 0.15) is 136 Å². The molecule has 1 unspecified atom stereocenters. The zero-order valence-electron chi connectivity index (χ0n) is 18.6. The second-order valence-corrected chi connectivity index (χ2v) is 8.57. The molecule has 0 radical (unpaired) electrons. The van der Waals surface area contributed by atoms with Gasteiger partial charge in [0.2, 0.25) is 6.17 Å². The van der Waals surface area contributed by atoms with E-state index in [1.807, 2.05) is 12.4 Å². The van der Waals surface area contributed by atoms with E-state index in [-0.39, 0.29) is 0 Å². The zero-order valence-corrected chi connectivity index (χ0v) is 18.6. The van der Waals surface area contributed by atoms with Gasteiger partial charge in [0.05, 0.1) is 6.42 Å². The van der Waals surface area contributed by atoms with Crippen molar-refractivity contribution in [2.24, 2.45) is 15.9 Å².